The molecule has 0 unspecified atom stereocenters. The number of benzene rings is 1. The molecule has 3 heterocycles. The average Bonchev–Trinajstić information content (AvgIpc) is 2.77. The van der Waals surface area contributed by atoms with Crippen LogP contribution in [0, 0.1) is 5.82 Å². The van der Waals surface area contributed by atoms with E-state index in [1.807, 2.05) is 37.6 Å². The van der Waals surface area contributed by atoms with E-state index in [1.54, 1.807) is 23.1 Å². The number of piperidine rings is 1. The Hall–Kier alpha value is -3.12. The fourth-order valence-electron chi connectivity index (χ4n) is 3.97. The predicted octanol–water partition coefficient (Wildman–Crippen LogP) is 3.60. The van der Waals surface area contributed by atoms with Crippen LogP contribution in [-0.4, -0.2) is 49.0 Å². The number of fused-ring (bicyclic) bond motifs is 1. The van der Waals surface area contributed by atoms with Crippen molar-refractivity contribution in [1.82, 2.24) is 15.1 Å². The molecular weight excluding hydrogens is 381 g/mol. The third-order valence-corrected chi connectivity index (χ3v) is 5.78. The minimum absolute atomic E-state index is 0.163. The molecule has 0 bridgehead atoms. The van der Waals surface area contributed by atoms with Crippen molar-refractivity contribution in [2.75, 3.05) is 27.2 Å². The summed E-state index contributed by atoms with van der Waals surface area (Å²) in [6.07, 6.45) is 15.2. The number of hydrogen-bond donors (Lipinski definition) is 1. The first-order chi connectivity index (χ1) is 14.6. The number of likely N-dealkylation sites (tertiary alicyclic amines) is 1. The summed E-state index contributed by atoms with van der Waals surface area (Å²) in [5, 5.41) is 3.34. The van der Waals surface area contributed by atoms with Crippen LogP contribution in [0.1, 0.15) is 18.4 Å². The lowest BCUT2D eigenvalue weighted by molar-refractivity contribution is -0.122. The van der Waals surface area contributed by atoms with E-state index in [1.165, 1.54) is 13.2 Å². The molecule has 0 saturated carbocycles. The molecule has 3 aliphatic heterocycles. The number of nitrogens with one attached hydrogen (secondary N) is 1. The molecule has 1 saturated heterocycles. The molecule has 1 N–H and O–H groups in total. The first-order valence-electron chi connectivity index (χ1n) is 10.2. The number of nitrogens with zero attached hydrogens (tertiary/aromatic N) is 2. The third-order valence-electron chi connectivity index (χ3n) is 5.78. The van der Waals surface area contributed by atoms with E-state index >= 15 is 0 Å². The van der Waals surface area contributed by atoms with Crippen molar-refractivity contribution in [1.29, 1.82) is 0 Å². The van der Waals surface area contributed by atoms with Gasteiger partial charge < -0.3 is 15.0 Å². The number of methoxy groups -OCH3 is 1. The van der Waals surface area contributed by atoms with Gasteiger partial charge in [0.05, 0.1) is 12.8 Å². The average molecular weight is 407 g/mol. The second kappa shape index (κ2) is 8.71. The maximum absolute atomic E-state index is 14.2. The molecule has 1 fully saturated rings. The number of carbonyl (C=O) groups is 1. The van der Waals surface area contributed by atoms with E-state index < -0.39 is 5.82 Å². The largest absolute Gasteiger partial charge is 0.494 e. The quantitative estimate of drug-likeness (QED) is 0.829. The van der Waals surface area contributed by atoms with E-state index in [2.05, 4.69) is 16.3 Å². The second-order valence-corrected chi connectivity index (χ2v) is 7.55. The molecule has 1 aromatic carbocycles. The van der Waals surface area contributed by atoms with Crippen LogP contribution >= 0.6 is 0 Å². The van der Waals surface area contributed by atoms with Crippen LogP contribution in [0.5, 0.6) is 5.75 Å². The van der Waals surface area contributed by atoms with E-state index in [0.29, 0.717) is 17.2 Å². The lowest BCUT2D eigenvalue weighted by Crippen LogP contribution is -2.41. The molecule has 3 aliphatic rings. The van der Waals surface area contributed by atoms with Crippen molar-refractivity contribution >= 4 is 11.5 Å². The topological polar surface area (TPSA) is 44.8 Å². The molecule has 6 heteroatoms. The highest BCUT2D eigenvalue weighted by Gasteiger charge is 2.23. The van der Waals surface area contributed by atoms with E-state index in [0.717, 1.165) is 37.3 Å². The van der Waals surface area contributed by atoms with Crippen LogP contribution in [0.25, 0.3) is 5.57 Å². The van der Waals surface area contributed by atoms with Gasteiger partial charge in [0.25, 0.3) is 5.91 Å². The van der Waals surface area contributed by atoms with Gasteiger partial charge in [-0.2, -0.15) is 0 Å². The van der Waals surface area contributed by atoms with Gasteiger partial charge >= 0.3 is 0 Å². The van der Waals surface area contributed by atoms with Crippen molar-refractivity contribution in [3.8, 4) is 5.75 Å². The summed E-state index contributed by atoms with van der Waals surface area (Å²) >= 11 is 0. The normalized spacial score (nSPS) is 22.4. The number of ether oxygens (including phenoxy) is 1. The minimum Gasteiger partial charge on any atom is -0.494 e. The zero-order valence-electron chi connectivity index (χ0n) is 17.3. The smallest absolute Gasteiger partial charge is 0.255 e. The van der Waals surface area contributed by atoms with Crippen LogP contribution in [0.2, 0.25) is 0 Å². The Labute approximate surface area is 176 Å². The molecule has 156 valence electrons. The minimum atomic E-state index is -0.455. The molecule has 0 atom stereocenters. The van der Waals surface area contributed by atoms with Crippen LogP contribution in [0.3, 0.4) is 0 Å². The van der Waals surface area contributed by atoms with Crippen LogP contribution in [0.15, 0.2) is 72.2 Å². The van der Waals surface area contributed by atoms with Crippen LogP contribution < -0.4 is 10.1 Å². The van der Waals surface area contributed by atoms with Crippen molar-refractivity contribution in [2.24, 2.45) is 0 Å². The Morgan fingerprint density at radius 1 is 1.13 bits per heavy atom. The Bertz CT molecular complexity index is 982. The Kier molecular flexibility index (Phi) is 5.86. The summed E-state index contributed by atoms with van der Waals surface area (Å²) in [5.74, 6) is -0.439. The highest BCUT2D eigenvalue weighted by molar-refractivity contribution is 5.99. The number of hydrogen-bond acceptors (Lipinski definition) is 4. The fraction of sp³-hybridized carbons (Fsp3) is 0.292. The van der Waals surface area contributed by atoms with Crippen molar-refractivity contribution in [3.63, 3.8) is 0 Å². The van der Waals surface area contributed by atoms with Crippen LogP contribution in [-0.2, 0) is 4.79 Å². The second-order valence-electron chi connectivity index (χ2n) is 7.55. The molecule has 30 heavy (non-hydrogen) atoms. The molecule has 5 nitrogen and oxygen atoms in total. The molecular formula is C24H26FN3O2. The van der Waals surface area contributed by atoms with Gasteiger partial charge in [-0.05, 0) is 61.4 Å². The van der Waals surface area contributed by atoms with Gasteiger partial charge in [-0.3, -0.25) is 9.69 Å². The van der Waals surface area contributed by atoms with Gasteiger partial charge in [0.2, 0.25) is 0 Å². The monoisotopic (exact) mass is 407 g/mol. The summed E-state index contributed by atoms with van der Waals surface area (Å²) in [6, 6.07) is 5.26. The van der Waals surface area contributed by atoms with Crippen molar-refractivity contribution < 1.29 is 13.9 Å². The molecule has 0 aromatic heterocycles. The number of amides is 1. The first-order valence-corrected chi connectivity index (χ1v) is 10.2. The maximum atomic E-state index is 14.2. The molecule has 1 amide bonds. The van der Waals surface area contributed by atoms with E-state index in [-0.39, 0.29) is 11.7 Å². The Balaban J connectivity index is 1.59. The number of carbonyl (C=O) groups excluding carboxylic acids is 1. The van der Waals surface area contributed by atoms with Gasteiger partial charge in [0, 0.05) is 37.1 Å². The maximum Gasteiger partial charge on any atom is 0.255 e. The molecule has 1 aromatic rings. The van der Waals surface area contributed by atoms with Gasteiger partial charge in [0.15, 0.2) is 11.6 Å². The summed E-state index contributed by atoms with van der Waals surface area (Å²) in [6.45, 7) is 1.91. The van der Waals surface area contributed by atoms with E-state index in [4.69, 9.17) is 4.74 Å². The van der Waals surface area contributed by atoms with Gasteiger partial charge in [-0.25, -0.2) is 4.39 Å². The highest BCUT2D eigenvalue weighted by atomic mass is 19.1. The molecule has 0 aliphatic carbocycles. The summed E-state index contributed by atoms with van der Waals surface area (Å²) < 4.78 is 19.1. The summed E-state index contributed by atoms with van der Waals surface area (Å²) in [4.78, 5) is 17.0. The zero-order chi connectivity index (χ0) is 21.1. The highest BCUT2D eigenvalue weighted by Crippen LogP contribution is 2.28. The lowest BCUT2D eigenvalue weighted by atomic mass is 10.0. The molecule has 0 spiro atoms. The van der Waals surface area contributed by atoms with Crippen molar-refractivity contribution in [2.45, 2.75) is 18.9 Å². The Morgan fingerprint density at radius 3 is 2.60 bits per heavy atom. The first kappa shape index (κ1) is 20.2. The summed E-state index contributed by atoms with van der Waals surface area (Å²) in [5.41, 5.74) is 3.11. The van der Waals surface area contributed by atoms with Gasteiger partial charge in [-0.15, -0.1) is 0 Å². The van der Waals surface area contributed by atoms with Gasteiger partial charge in [0.1, 0.15) is 0 Å². The fourth-order valence-corrected chi connectivity index (χ4v) is 3.97. The van der Waals surface area contributed by atoms with Crippen LogP contribution in [0.4, 0.5) is 4.39 Å². The SMILES string of the molecule is CNC1CCN(C2=CN3C(=O)/C=C(c4ccc(OC)c(F)c4)\C=C\C=C3C=C2)CC1. The number of allylic oxidation sites excluding steroid dienone is 6. The molecule has 4 rings (SSSR count). The standard InChI is InChI=1S/C24H26FN3O2/c1-26-19-10-12-27(13-11-19)21-8-7-20-5-3-4-17(15-24(29)28(20)16-21)18-6-9-23(30-2)22(25)14-18/h3-9,14-16,19,26H,10-13H2,1-2H3/b4-3+,17-15+,20-5?. The summed E-state index contributed by atoms with van der Waals surface area (Å²) in [7, 11) is 3.43. The Morgan fingerprint density at radius 2 is 1.90 bits per heavy atom. The number of rotatable bonds is 4. The third kappa shape index (κ3) is 4.09. The predicted molar refractivity (Wildman–Crippen MR) is 116 cm³/mol. The molecule has 0 radical (unpaired) electrons. The van der Waals surface area contributed by atoms with Gasteiger partial charge in [-0.1, -0.05) is 18.2 Å². The van der Waals surface area contributed by atoms with Crippen molar-refractivity contribution in [3.05, 3.63) is 83.6 Å². The van der Waals surface area contributed by atoms with E-state index in [9.17, 15) is 9.18 Å². The lowest BCUT2D eigenvalue weighted by Gasteiger charge is -2.36. The number of halogens is 1. The zero-order valence-corrected chi connectivity index (χ0v) is 17.3.